The molecule has 1 aromatic heterocycles. The number of carbonyl (C=O) groups is 1. The first-order valence-electron chi connectivity index (χ1n) is 14.0. The highest BCUT2D eigenvalue weighted by Crippen LogP contribution is 2.38. The van der Waals surface area contributed by atoms with Gasteiger partial charge in [0.25, 0.3) is 0 Å². The summed E-state index contributed by atoms with van der Waals surface area (Å²) in [4.78, 5) is 14.0. The van der Waals surface area contributed by atoms with Gasteiger partial charge >= 0.3 is 6.03 Å². The van der Waals surface area contributed by atoms with Crippen LogP contribution in [0.15, 0.2) is 24.4 Å². The molecule has 0 bridgehead atoms. The molecular weight excluding hydrogens is 525 g/mol. The van der Waals surface area contributed by atoms with Crippen molar-refractivity contribution >= 4 is 14.1 Å². The summed E-state index contributed by atoms with van der Waals surface area (Å²) in [7, 11) is -1.20. The number of nitrogens with two attached hydrogens (primary N) is 1. The number of nitrogens with zero attached hydrogens (tertiary/aromatic N) is 3. The van der Waals surface area contributed by atoms with E-state index in [1.807, 2.05) is 10.7 Å². The van der Waals surface area contributed by atoms with Gasteiger partial charge < -0.3 is 20.1 Å². The maximum absolute atomic E-state index is 14.3. The van der Waals surface area contributed by atoms with Gasteiger partial charge in [-0.15, -0.1) is 0 Å². The van der Waals surface area contributed by atoms with Crippen LogP contribution in [-0.2, 0) is 16.2 Å². The van der Waals surface area contributed by atoms with Crippen LogP contribution in [0.2, 0.25) is 25.7 Å². The second-order valence-electron chi connectivity index (χ2n) is 12.0. The highest BCUT2D eigenvalue weighted by atomic mass is 28.3. The maximum Gasteiger partial charge on any atom is 0.315 e. The molecule has 2 unspecified atom stereocenters. The first kappa shape index (κ1) is 29.6. The molecule has 2 N–H and O–H groups in total. The number of rotatable bonds is 10. The van der Waals surface area contributed by atoms with Crippen molar-refractivity contribution in [1.29, 1.82) is 0 Å². The van der Waals surface area contributed by atoms with Gasteiger partial charge in [-0.25, -0.2) is 22.6 Å². The van der Waals surface area contributed by atoms with Crippen molar-refractivity contribution in [2.24, 2.45) is 5.73 Å². The lowest BCUT2D eigenvalue weighted by Crippen LogP contribution is -2.52. The molecule has 2 atom stereocenters. The van der Waals surface area contributed by atoms with E-state index < -0.39 is 31.6 Å². The average molecular weight is 567 g/mol. The summed E-state index contributed by atoms with van der Waals surface area (Å²) in [6.07, 6.45) is 5.50. The highest BCUT2D eigenvalue weighted by molar-refractivity contribution is 6.76. The van der Waals surface area contributed by atoms with E-state index in [0.29, 0.717) is 52.2 Å². The largest absolute Gasteiger partial charge is 0.376 e. The molecule has 7 nitrogen and oxygen atoms in total. The maximum atomic E-state index is 14.3. The molecule has 0 spiro atoms. The van der Waals surface area contributed by atoms with Crippen LogP contribution in [0, 0.1) is 17.5 Å². The fourth-order valence-electron chi connectivity index (χ4n) is 5.85. The van der Waals surface area contributed by atoms with Crippen molar-refractivity contribution in [1.82, 2.24) is 14.7 Å². The lowest BCUT2D eigenvalue weighted by molar-refractivity contribution is -0.0178. The van der Waals surface area contributed by atoms with E-state index in [2.05, 4.69) is 24.7 Å². The smallest absolute Gasteiger partial charge is 0.315 e. The lowest BCUT2D eigenvalue weighted by Gasteiger charge is -2.41. The summed E-state index contributed by atoms with van der Waals surface area (Å²) in [5.41, 5.74) is 6.59. The normalized spacial score (nSPS) is 24.2. The van der Waals surface area contributed by atoms with Gasteiger partial charge in [-0.05, 0) is 68.7 Å². The highest BCUT2D eigenvalue weighted by Gasteiger charge is 2.37. The fraction of sp³-hybridized carbons (Fsp3) is 0.643. The predicted molar refractivity (Wildman–Crippen MR) is 146 cm³/mol. The van der Waals surface area contributed by atoms with Crippen molar-refractivity contribution in [3.8, 4) is 0 Å². The molecule has 216 valence electrons. The van der Waals surface area contributed by atoms with E-state index in [1.54, 1.807) is 11.1 Å². The van der Waals surface area contributed by atoms with Crippen molar-refractivity contribution < 1.29 is 27.4 Å². The molecule has 0 radical (unpaired) electrons. The Morgan fingerprint density at radius 1 is 1.08 bits per heavy atom. The number of halogens is 3. The fourth-order valence-corrected chi connectivity index (χ4v) is 6.60. The monoisotopic (exact) mass is 566 g/mol. The number of likely N-dealkylation sites (tertiary alicyclic amines) is 1. The average Bonchev–Trinajstić information content (AvgIpc) is 3.36. The molecule has 1 saturated carbocycles. The van der Waals surface area contributed by atoms with Gasteiger partial charge in [0.15, 0.2) is 11.6 Å². The van der Waals surface area contributed by atoms with Crippen molar-refractivity contribution in [3.63, 3.8) is 0 Å². The molecule has 11 heteroatoms. The van der Waals surface area contributed by atoms with Gasteiger partial charge in [-0.3, -0.25) is 0 Å². The van der Waals surface area contributed by atoms with Crippen LogP contribution in [0.25, 0.3) is 0 Å². The molecule has 1 aliphatic heterocycles. The van der Waals surface area contributed by atoms with Crippen LogP contribution in [0.4, 0.5) is 18.0 Å². The zero-order valence-corrected chi connectivity index (χ0v) is 24.2. The molecule has 4 rings (SSSR count). The van der Waals surface area contributed by atoms with E-state index in [-0.39, 0.29) is 29.5 Å². The molecular formula is C28H41F3N4O3Si. The molecule has 1 saturated heterocycles. The first-order valence-corrected chi connectivity index (χ1v) is 17.7. The Bertz CT molecular complexity index is 1120. The molecule has 2 aromatic rings. The minimum Gasteiger partial charge on any atom is -0.376 e. The Balaban J connectivity index is 1.39. The molecule has 1 aromatic carbocycles. The number of urea groups is 1. The molecule has 2 amide bonds. The van der Waals surface area contributed by atoms with E-state index in [1.165, 1.54) is 0 Å². The lowest BCUT2D eigenvalue weighted by atomic mass is 9.82. The number of carbonyl (C=O) groups excluding carboxylic acids is 1. The van der Waals surface area contributed by atoms with Crippen LogP contribution in [-0.4, -0.2) is 60.7 Å². The minimum atomic E-state index is -1.20. The molecule has 2 aliphatic rings. The van der Waals surface area contributed by atoms with Crippen LogP contribution in [0.3, 0.4) is 0 Å². The van der Waals surface area contributed by atoms with Crippen LogP contribution in [0.5, 0.6) is 0 Å². The summed E-state index contributed by atoms with van der Waals surface area (Å²) >= 11 is 0. The standard InChI is InChI=1S/C28H41F3N4O3Si/c1-39(2,3)16-15-37-18-35-24(12-13-33-35)21-5-4-14-34(28(32)36)25(21)17-38-20-8-6-19(7-9-20)26-22(29)10-11-23(30)27(26)31/h10-13,19-21,25H,4-9,14-18H2,1-3H3,(H2,32,36). The summed E-state index contributed by atoms with van der Waals surface area (Å²) in [5, 5.41) is 4.48. The number of hydrogen-bond acceptors (Lipinski definition) is 4. The van der Waals surface area contributed by atoms with Gasteiger partial charge in [0, 0.05) is 44.6 Å². The zero-order valence-electron chi connectivity index (χ0n) is 23.2. The number of ether oxygens (including phenoxy) is 2. The molecule has 1 aliphatic carbocycles. The number of hydrogen-bond donors (Lipinski definition) is 1. The van der Waals surface area contributed by atoms with Crippen LogP contribution < -0.4 is 5.73 Å². The van der Waals surface area contributed by atoms with Crippen LogP contribution >= 0.6 is 0 Å². The Morgan fingerprint density at radius 3 is 2.49 bits per heavy atom. The van der Waals surface area contributed by atoms with E-state index in [9.17, 15) is 18.0 Å². The number of primary amides is 1. The summed E-state index contributed by atoms with van der Waals surface area (Å²) in [6, 6.07) is 4.10. The quantitative estimate of drug-likeness (QED) is 0.218. The number of benzene rings is 1. The number of piperidine rings is 1. The Labute approximate surface area is 229 Å². The molecule has 2 heterocycles. The first-order chi connectivity index (χ1) is 18.5. The summed E-state index contributed by atoms with van der Waals surface area (Å²) < 4.78 is 56.4. The SMILES string of the molecule is C[Si](C)(C)CCOCn1nccc1C1CCCN(C(N)=O)C1COC1CCC(c2c(F)ccc(F)c2F)CC1. The van der Waals surface area contributed by atoms with Gasteiger partial charge in [0.05, 0.1) is 18.8 Å². The van der Waals surface area contributed by atoms with Gasteiger partial charge in [-0.2, -0.15) is 5.10 Å². The molecule has 39 heavy (non-hydrogen) atoms. The third kappa shape index (κ3) is 7.43. The summed E-state index contributed by atoms with van der Waals surface area (Å²) in [6.45, 7) is 8.83. The second kappa shape index (κ2) is 12.9. The zero-order chi connectivity index (χ0) is 28.2. The van der Waals surface area contributed by atoms with Crippen molar-refractivity contribution in [3.05, 3.63) is 53.1 Å². The predicted octanol–water partition coefficient (Wildman–Crippen LogP) is 5.98. The topological polar surface area (TPSA) is 82.6 Å². The minimum absolute atomic E-state index is 0.0128. The number of amides is 2. The third-order valence-corrected chi connectivity index (χ3v) is 9.77. The van der Waals surface area contributed by atoms with E-state index in [0.717, 1.165) is 36.7 Å². The summed E-state index contributed by atoms with van der Waals surface area (Å²) in [5.74, 6) is -3.23. The third-order valence-electron chi connectivity index (χ3n) is 8.07. The Hall–Kier alpha value is -2.37. The van der Waals surface area contributed by atoms with Crippen LogP contribution in [0.1, 0.15) is 61.6 Å². The van der Waals surface area contributed by atoms with Gasteiger partial charge in [-0.1, -0.05) is 19.6 Å². The van der Waals surface area contributed by atoms with E-state index in [4.69, 9.17) is 15.2 Å². The Kier molecular flexibility index (Phi) is 9.76. The van der Waals surface area contributed by atoms with Crippen molar-refractivity contribution in [2.75, 3.05) is 19.8 Å². The van der Waals surface area contributed by atoms with Gasteiger partial charge in [0.1, 0.15) is 12.5 Å². The molecule has 2 fully saturated rings. The van der Waals surface area contributed by atoms with Crippen molar-refractivity contribution in [2.45, 2.75) is 94.9 Å². The van der Waals surface area contributed by atoms with E-state index >= 15 is 0 Å². The second-order valence-corrected chi connectivity index (χ2v) is 17.6. The Morgan fingerprint density at radius 2 is 1.79 bits per heavy atom. The van der Waals surface area contributed by atoms with Gasteiger partial charge in [0.2, 0.25) is 0 Å². The number of aromatic nitrogens is 2.